The van der Waals surface area contributed by atoms with Gasteiger partial charge >= 0.3 is 0 Å². The second-order valence-electron chi connectivity index (χ2n) is 4.16. The number of nitrogens with zero attached hydrogens (tertiary/aromatic N) is 1. The number of nitrogen functional groups attached to an aromatic ring is 1. The summed E-state index contributed by atoms with van der Waals surface area (Å²) in [7, 11) is 0. The van der Waals surface area contributed by atoms with Crippen LogP contribution in [0.1, 0.15) is 6.42 Å². The lowest BCUT2D eigenvalue weighted by molar-refractivity contribution is -0.121. The SMILES string of the molecule is NC(=O)C1CCN(c2cc(F)c(Br)cc2N)C1. The maximum atomic E-state index is 13.4. The molecular weight excluding hydrogens is 289 g/mol. The highest BCUT2D eigenvalue weighted by atomic mass is 79.9. The number of primary amides is 1. The fraction of sp³-hybridized carbons (Fsp3) is 0.364. The first kappa shape index (κ1) is 12.2. The summed E-state index contributed by atoms with van der Waals surface area (Å²) in [5, 5.41) is 0. The molecule has 6 heteroatoms. The van der Waals surface area contributed by atoms with Crippen molar-refractivity contribution in [3.63, 3.8) is 0 Å². The molecule has 1 amide bonds. The van der Waals surface area contributed by atoms with E-state index in [1.165, 1.54) is 12.1 Å². The Balaban J connectivity index is 2.24. The minimum atomic E-state index is -0.364. The zero-order valence-electron chi connectivity index (χ0n) is 9.12. The Labute approximate surface area is 107 Å². The average molecular weight is 302 g/mol. The third kappa shape index (κ3) is 2.36. The molecule has 92 valence electrons. The summed E-state index contributed by atoms with van der Waals surface area (Å²) in [5.74, 6) is -0.860. The number of halogens is 2. The molecule has 0 spiro atoms. The lowest BCUT2D eigenvalue weighted by atomic mass is 10.1. The molecule has 1 fully saturated rings. The van der Waals surface area contributed by atoms with Gasteiger partial charge in [0.1, 0.15) is 5.82 Å². The quantitative estimate of drug-likeness (QED) is 0.813. The van der Waals surface area contributed by atoms with E-state index in [9.17, 15) is 9.18 Å². The molecule has 0 bridgehead atoms. The predicted octanol–water partition coefficient (Wildman–Crippen LogP) is 1.48. The van der Waals surface area contributed by atoms with Crippen molar-refractivity contribution < 1.29 is 9.18 Å². The summed E-state index contributed by atoms with van der Waals surface area (Å²) in [4.78, 5) is 13.0. The van der Waals surface area contributed by atoms with Crippen molar-refractivity contribution in [2.24, 2.45) is 11.7 Å². The van der Waals surface area contributed by atoms with Gasteiger partial charge in [-0.05, 0) is 28.4 Å². The first-order valence-corrected chi connectivity index (χ1v) is 6.07. The molecule has 4 N–H and O–H groups in total. The van der Waals surface area contributed by atoms with E-state index in [0.717, 1.165) is 0 Å². The van der Waals surface area contributed by atoms with Crippen molar-refractivity contribution in [3.05, 3.63) is 22.4 Å². The molecule has 1 aliphatic rings. The van der Waals surface area contributed by atoms with Crippen molar-refractivity contribution in [3.8, 4) is 0 Å². The van der Waals surface area contributed by atoms with Gasteiger partial charge in [-0.1, -0.05) is 0 Å². The number of amides is 1. The Morgan fingerprint density at radius 1 is 1.53 bits per heavy atom. The summed E-state index contributed by atoms with van der Waals surface area (Å²) < 4.78 is 13.8. The topological polar surface area (TPSA) is 72.4 Å². The molecule has 1 aromatic carbocycles. The number of benzene rings is 1. The maximum Gasteiger partial charge on any atom is 0.222 e. The first-order valence-electron chi connectivity index (χ1n) is 5.28. The van der Waals surface area contributed by atoms with Crippen LogP contribution in [0.15, 0.2) is 16.6 Å². The van der Waals surface area contributed by atoms with E-state index < -0.39 is 0 Å². The van der Waals surface area contributed by atoms with Crippen LogP contribution in [-0.4, -0.2) is 19.0 Å². The highest BCUT2D eigenvalue weighted by Gasteiger charge is 2.28. The number of hydrogen-bond acceptors (Lipinski definition) is 3. The monoisotopic (exact) mass is 301 g/mol. The Kier molecular flexibility index (Phi) is 3.24. The van der Waals surface area contributed by atoms with Gasteiger partial charge in [-0.15, -0.1) is 0 Å². The van der Waals surface area contributed by atoms with Crippen molar-refractivity contribution in [2.45, 2.75) is 6.42 Å². The van der Waals surface area contributed by atoms with Gasteiger partial charge in [0.25, 0.3) is 0 Å². The van der Waals surface area contributed by atoms with Gasteiger partial charge in [-0.3, -0.25) is 4.79 Å². The zero-order valence-corrected chi connectivity index (χ0v) is 10.7. The van der Waals surface area contributed by atoms with Gasteiger partial charge in [-0.25, -0.2) is 4.39 Å². The molecule has 1 atom stereocenters. The van der Waals surface area contributed by atoms with Crippen molar-refractivity contribution in [1.29, 1.82) is 0 Å². The zero-order chi connectivity index (χ0) is 12.6. The summed E-state index contributed by atoms with van der Waals surface area (Å²) in [6, 6.07) is 2.91. The molecule has 0 saturated carbocycles. The smallest absolute Gasteiger partial charge is 0.222 e. The number of nitrogens with two attached hydrogens (primary N) is 2. The third-order valence-electron chi connectivity index (χ3n) is 3.00. The van der Waals surface area contributed by atoms with E-state index in [0.29, 0.717) is 35.4 Å². The maximum absolute atomic E-state index is 13.4. The molecule has 1 aliphatic heterocycles. The van der Waals surface area contributed by atoms with Gasteiger partial charge in [0, 0.05) is 19.2 Å². The minimum absolute atomic E-state index is 0.180. The minimum Gasteiger partial charge on any atom is -0.397 e. The molecule has 1 heterocycles. The molecule has 1 saturated heterocycles. The highest BCUT2D eigenvalue weighted by molar-refractivity contribution is 9.10. The van der Waals surface area contributed by atoms with E-state index in [1.807, 2.05) is 4.90 Å². The van der Waals surface area contributed by atoms with E-state index in [4.69, 9.17) is 11.5 Å². The van der Waals surface area contributed by atoms with E-state index in [-0.39, 0.29) is 17.6 Å². The number of carbonyl (C=O) groups excluding carboxylic acids is 1. The predicted molar refractivity (Wildman–Crippen MR) is 68.0 cm³/mol. The van der Waals surface area contributed by atoms with Crippen LogP contribution in [0.4, 0.5) is 15.8 Å². The second-order valence-corrected chi connectivity index (χ2v) is 5.01. The van der Waals surface area contributed by atoms with Gasteiger partial charge in [-0.2, -0.15) is 0 Å². The van der Waals surface area contributed by atoms with E-state index in [1.54, 1.807) is 0 Å². The van der Waals surface area contributed by atoms with Crippen LogP contribution in [0, 0.1) is 11.7 Å². The molecule has 0 aliphatic carbocycles. The standard InChI is InChI=1S/C11H13BrFN3O/c12-7-3-9(14)10(4-8(7)13)16-2-1-6(5-16)11(15)17/h3-4,6H,1-2,5,14H2,(H2,15,17). The fourth-order valence-corrected chi connectivity index (χ4v) is 2.40. The third-order valence-corrected chi connectivity index (χ3v) is 3.61. The largest absolute Gasteiger partial charge is 0.397 e. The second kappa shape index (κ2) is 4.52. The van der Waals surface area contributed by atoms with Crippen molar-refractivity contribution >= 4 is 33.2 Å². The lowest BCUT2D eigenvalue weighted by Crippen LogP contribution is -2.27. The molecule has 4 nitrogen and oxygen atoms in total. The molecule has 0 radical (unpaired) electrons. The Morgan fingerprint density at radius 3 is 2.82 bits per heavy atom. The molecule has 0 aromatic heterocycles. The van der Waals surface area contributed by atoms with Crippen LogP contribution in [0.25, 0.3) is 0 Å². The summed E-state index contributed by atoms with van der Waals surface area (Å²) in [5.41, 5.74) is 12.2. The Hall–Kier alpha value is -1.30. The fourth-order valence-electron chi connectivity index (χ4n) is 2.04. The lowest BCUT2D eigenvalue weighted by Gasteiger charge is -2.20. The summed E-state index contributed by atoms with van der Waals surface area (Å²) >= 11 is 3.08. The van der Waals surface area contributed by atoms with Gasteiger partial charge < -0.3 is 16.4 Å². The summed E-state index contributed by atoms with van der Waals surface area (Å²) in [6.45, 7) is 1.17. The van der Waals surface area contributed by atoms with Crippen molar-refractivity contribution in [1.82, 2.24) is 0 Å². The van der Waals surface area contributed by atoms with Crippen LogP contribution >= 0.6 is 15.9 Å². The van der Waals surface area contributed by atoms with Gasteiger partial charge in [0.05, 0.1) is 21.8 Å². The summed E-state index contributed by atoms with van der Waals surface area (Å²) in [6.07, 6.45) is 0.687. The Morgan fingerprint density at radius 2 is 2.24 bits per heavy atom. The molecule has 1 aromatic rings. The van der Waals surface area contributed by atoms with Crippen LogP contribution < -0.4 is 16.4 Å². The van der Waals surface area contributed by atoms with Crippen molar-refractivity contribution in [2.75, 3.05) is 23.7 Å². The van der Waals surface area contributed by atoms with E-state index >= 15 is 0 Å². The number of hydrogen-bond donors (Lipinski definition) is 2. The molecule has 1 unspecified atom stereocenters. The number of carbonyl (C=O) groups is 1. The van der Waals surface area contributed by atoms with Crippen LogP contribution in [-0.2, 0) is 4.79 Å². The van der Waals surface area contributed by atoms with Gasteiger partial charge in [0.15, 0.2) is 0 Å². The first-order chi connectivity index (χ1) is 7.99. The average Bonchev–Trinajstić information content (AvgIpc) is 2.72. The molecular formula is C11H13BrFN3O. The number of anilines is 2. The highest BCUT2D eigenvalue weighted by Crippen LogP contribution is 2.32. The molecule has 2 rings (SSSR count). The van der Waals surface area contributed by atoms with Crippen LogP contribution in [0.2, 0.25) is 0 Å². The van der Waals surface area contributed by atoms with Gasteiger partial charge in [0.2, 0.25) is 5.91 Å². The molecule has 17 heavy (non-hydrogen) atoms. The van der Waals surface area contributed by atoms with E-state index in [2.05, 4.69) is 15.9 Å². The van der Waals surface area contributed by atoms with Crippen LogP contribution in [0.3, 0.4) is 0 Å². The Bertz CT molecular complexity index is 466. The normalized spacial score (nSPS) is 19.6. The van der Waals surface area contributed by atoms with Crippen LogP contribution in [0.5, 0.6) is 0 Å². The number of rotatable bonds is 2.